The highest BCUT2D eigenvalue weighted by atomic mass is 16.4. The monoisotopic (exact) mass is 221 g/mol. The molecule has 4 nitrogen and oxygen atoms in total. The number of hydrogen-bond acceptors (Lipinski definition) is 4. The number of nitrogens with zero attached hydrogens (tertiary/aromatic N) is 2. The summed E-state index contributed by atoms with van der Waals surface area (Å²) in [5.41, 5.74) is 6.41. The summed E-state index contributed by atoms with van der Waals surface area (Å²) in [6.45, 7) is 1.56. The fourth-order valence-corrected chi connectivity index (χ4v) is 3.17. The molecule has 0 bridgehead atoms. The predicted octanol–water partition coefficient (Wildman–Crippen LogP) is 1.90. The molecule has 4 heteroatoms. The van der Waals surface area contributed by atoms with E-state index < -0.39 is 0 Å². The lowest BCUT2D eigenvalue weighted by Gasteiger charge is -2.30. The van der Waals surface area contributed by atoms with Gasteiger partial charge in [-0.15, -0.1) is 0 Å². The van der Waals surface area contributed by atoms with E-state index in [4.69, 9.17) is 10.2 Å². The maximum absolute atomic E-state index is 5.55. The van der Waals surface area contributed by atoms with Crippen LogP contribution in [0.15, 0.2) is 10.7 Å². The minimum Gasteiger partial charge on any atom is -0.432 e. The maximum atomic E-state index is 5.55. The molecule has 2 N–H and O–H groups in total. The van der Waals surface area contributed by atoms with Crippen LogP contribution in [0.1, 0.15) is 37.8 Å². The summed E-state index contributed by atoms with van der Waals surface area (Å²) in [6.07, 6.45) is 8.41. The minimum absolute atomic E-state index is 0.464. The third-order valence-corrected chi connectivity index (χ3v) is 4.00. The van der Waals surface area contributed by atoms with Gasteiger partial charge in [0.15, 0.2) is 0 Å². The Hall–Kier alpha value is -1.03. The molecule has 1 aliphatic carbocycles. The second-order valence-electron chi connectivity index (χ2n) is 4.92. The summed E-state index contributed by atoms with van der Waals surface area (Å²) < 4.78 is 5.52. The topological polar surface area (TPSA) is 55.3 Å². The second-order valence-corrected chi connectivity index (χ2v) is 4.92. The van der Waals surface area contributed by atoms with Crippen LogP contribution in [0.3, 0.4) is 0 Å². The molecule has 3 rings (SSSR count). The quantitative estimate of drug-likeness (QED) is 0.828. The number of anilines is 1. The standard InChI is InChI=1S/C12H19N3O/c13-7-10-8-16-12(14-10)15-6-5-9-3-1-2-4-11(9)15/h8-9,11H,1-7,13H2. The lowest BCUT2D eigenvalue weighted by Crippen LogP contribution is -2.34. The summed E-state index contributed by atoms with van der Waals surface area (Å²) in [7, 11) is 0. The molecule has 2 heterocycles. The van der Waals surface area contributed by atoms with E-state index in [1.54, 1.807) is 6.26 Å². The molecular formula is C12H19N3O. The molecule has 0 amide bonds. The average molecular weight is 221 g/mol. The van der Waals surface area contributed by atoms with Crippen molar-refractivity contribution in [3.8, 4) is 0 Å². The summed E-state index contributed by atoms with van der Waals surface area (Å²) in [6, 6.07) is 1.45. The molecule has 1 aromatic rings. The summed E-state index contributed by atoms with van der Waals surface area (Å²) in [4.78, 5) is 6.79. The number of hydrogen-bond donors (Lipinski definition) is 1. The van der Waals surface area contributed by atoms with Gasteiger partial charge in [-0.3, -0.25) is 0 Å². The van der Waals surface area contributed by atoms with Gasteiger partial charge in [0.1, 0.15) is 6.26 Å². The van der Waals surface area contributed by atoms with Crippen molar-refractivity contribution in [3.05, 3.63) is 12.0 Å². The van der Waals surface area contributed by atoms with Crippen molar-refractivity contribution in [3.63, 3.8) is 0 Å². The Bertz CT molecular complexity index is 363. The molecular weight excluding hydrogens is 202 g/mol. The lowest BCUT2D eigenvalue weighted by atomic mass is 9.85. The average Bonchev–Trinajstić information content (AvgIpc) is 2.94. The Balaban J connectivity index is 1.79. The molecule has 1 aromatic heterocycles. The highest BCUT2D eigenvalue weighted by Gasteiger charge is 2.37. The molecule has 16 heavy (non-hydrogen) atoms. The summed E-state index contributed by atoms with van der Waals surface area (Å²) in [5, 5.41) is 0. The Morgan fingerprint density at radius 3 is 3.06 bits per heavy atom. The predicted molar refractivity (Wildman–Crippen MR) is 62.1 cm³/mol. The zero-order valence-electron chi connectivity index (χ0n) is 9.56. The maximum Gasteiger partial charge on any atom is 0.297 e. The molecule has 1 saturated heterocycles. The van der Waals surface area contributed by atoms with Crippen molar-refractivity contribution in [2.24, 2.45) is 11.7 Å². The number of rotatable bonds is 2. The molecule has 0 radical (unpaired) electrons. The molecule has 2 unspecified atom stereocenters. The van der Waals surface area contributed by atoms with Crippen molar-refractivity contribution in [1.82, 2.24) is 4.98 Å². The van der Waals surface area contributed by atoms with Crippen LogP contribution in [0.25, 0.3) is 0 Å². The molecule has 2 fully saturated rings. The van der Waals surface area contributed by atoms with Crippen LogP contribution < -0.4 is 10.6 Å². The van der Waals surface area contributed by atoms with Crippen LogP contribution in [0, 0.1) is 5.92 Å². The first-order valence-corrected chi connectivity index (χ1v) is 6.29. The van der Waals surface area contributed by atoms with Crippen LogP contribution in [-0.2, 0) is 6.54 Å². The van der Waals surface area contributed by atoms with Gasteiger partial charge in [-0.2, -0.15) is 4.98 Å². The van der Waals surface area contributed by atoms with E-state index >= 15 is 0 Å². The van der Waals surface area contributed by atoms with E-state index in [-0.39, 0.29) is 0 Å². The molecule has 2 aliphatic rings. The van der Waals surface area contributed by atoms with Crippen LogP contribution in [0.5, 0.6) is 0 Å². The van der Waals surface area contributed by atoms with E-state index in [0.29, 0.717) is 12.6 Å². The molecule has 2 atom stereocenters. The SMILES string of the molecule is NCc1coc(N2CCC3CCCCC32)n1. The van der Waals surface area contributed by atoms with Crippen LogP contribution in [-0.4, -0.2) is 17.6 Å². The van der Waals surface area contributed by atoms with Crippen LogP contribution >= 0.6 is 0 Å². The van der Waals surface area contributed by atoms with Gasteiger partial charge in [0.2, 0.25) is 0 Å². The van der Waals surface area contributed by atoms with Gasteiger partial charge < -0.3 is 15.1 Å². The van der Waals surface area contributed by atoms with E-state index in [0.717, 1.165) is 24.2 Å². The van der Waals surface area contributed by atoms with Gasteiger partial charge in [-0.05, 0) is 25.2 Å². The lowest BCUT2D eigenvalue weighted by molar-refractivity contribution is 0.335. The fourth-order valence-electron chi connectivity index (χ4n) is 3.17. The Morgan fingerprint density at radius 2 is 2.25 bits per heavy atom. The molecule has 88 valence electrons. The number of nitrogens with two attached hydrogens (primary N) is 1. The van der Waals surface area contributed by atoms with Gasteiger partial charge >= 0.3 is 0 Å². The summed E-state index contributed by atoms with van der Waals surface area (Å²) >= 11 is 0. The number of oxazole rings is 1. The molecule has 1 aliphatic heterocycles. The highest BCUT2D eigenvalue weighted by molar-refractivity contribution is 5.32. The molecule has 0 aromatic carbocycles. The van der Waals surface area contributed by atoms with Crippen LogP contribution in [0.4, 0.5) is 6.01 Å². The number of aromatic nitrogens is 1. The van der Waals surface area contributed by atoms with Gasteiger partial charge in [-0.25, -0.2) is 0 Å². The van der Waals surface area contributed by atoms with E-state index in [1.165, 1.54) is 32.1 Å². The first-order chi connectivity index (χ1) is 7.88. The minimum atomic E-state index is 0.464. The van der Waals surface area contributed by atoms with Crippen molar-refractivity contribution in [1.29, 1.82) is 0 Å². The summed E-state index contributed by atoms with van der Waals surface area (Å²) in [5.74, 6) is 0.863. The molecule has 1 saturated carbocycles. The van der Waals surface area contributed by atoms with Crippen molar-refractivity contribution < 1.29 is 4.42 Å². The van der Waals surface area contributed by atoms with E-state index in [9.17, 15) is 0 Å². The first-order valence-electron chi connectivity index (χ1n) is 6.29. The zero-order valence-corrected chi connectivity index (χ0v) is 9.56. The van der Waals surface area contributed by atoms with Gasteiger partial charge in [-0.1, -0.05) is 12.8 Å². The van der Waals surface area contributed by atoms with Gasteiger partial charge in [0.25, 0.3) is 6.01 Å². The number of fused-ring (bicyclic) bond motifs is 1. The smallest absolute Gasteiger partial charge is 0.297 e. The van der Waals surface area contributed by atoms with Crippen molar-refractivity contribution >= 4 is 6.01 Å². The Labute approximate surface area is 95.8 Å². The molecule has 0 spiro atoms. The van der Waals surface area contributed by atoms with E-state index in [1.807, 2.05) is 0 Å². The van der Waals surface area contributed by atoms with Crippen molar-refractivity contribution in [2.45, 2.75) is 44.7 Å². The normalized spacial score (nSPS) is 29.4. The second kappa shape index (κ2) is 4.09. The highest BCUT2D eigenvalue weighted by Crippen LogP contribution is 2.38. The fraction of sp³-hybridized carbons (Fsp3) is 0.750. The van der Waals surface area contributed by atoms with Crippen LogP contribution in [0.2, 0.25) is 0 Å². The van der Waals surface area contributed by atoms with Gasteiger partial charge in [0, 0.05) is 19.1 Å². The third-order valence-electron chi connectivity index (χ3n) is 4.00. The van der Waals surface area contributed by atoms with E-state index in [2.05, 4.69) is 9.88 Å². The first kappa shape index (κ1) is 10.1. The van der Waals surface area contributed by atoms with Crippen molar-refractivity contribution in [2.75, 3.05) is 11.4 Å². The third kappa shape index (κ3) is 1.61. The Morgan fingerprint density at radius 1 is 1.38 bits per heavy atom. The van der Waals surface area contributed by atoms with Gasteiger partial charge in [0.05, 0.1) is 5.69 Å². The Kier molecular flexibility index (Phi) is 2.59. The largest absolute Gasteiger partial charge is 0.432 e. The zero-order chi connectivity index (χ0) is 11.0.